The van der Waals surface area contributed by atoms with Crippen LogP contribution < -0.4 is 21.3 Å². The van der Waals surface area contributed by atoms with E-state index in [2.05, 4.69) is 48.3 Å². The lowest BCUT2D eigenvalue weighted by Crippen LogP contribution is -2.55. The Bertz CT molecular complexity index is 2960. The van der Waals surface area contributed by atoms with Crippen LogP contribution in [0.15, 0.2) is 71.9 Å². The molecule has 2 aliphatic carbocycles. The predicted octanol–water partition coefficient (Wildman–Crippen LogP) is 9.07. The van der Waals surface area contributed by atoms with Crippen molar-refractivity contribution >= 4 is 63.5 Å². The fraction of sp³-hybridized carbons (Fsp3) is 0.561. The van der Waals surface area contributed by atoms with Gasteiger partial charge in [-0.1, -0.05) is 50.7 Å². The van der Waals surface area contributed by atoms with Crippen LogP contribution in [0.3, 0.4) is 0 Å². The molecule has 2 saturated carbocycles. The molecule has 0 spiro atoms. The quantitative estimate of drug-likeness (QED) is 0.0686. The molecule has 19 nitrogen and oxygen atoms in total. The Labute approximate surface area is 465 Å². The number of thiazole rings is 2. The van der Waals surface area contributed by atoms with Gasteiger partial charge in [-0.25, -0.2) is 28.6 Å². The molecule has 78 heavy (non-hydrogen) atoms. The molecule has 0 bridgehead atoms. The Kier molecular flexibility index (Phi) is 19.7. The summed E-state index contributed by atoms with van der Waals surface area (Å²) < 4.78 is 8.97. The van der Waals surface area contributed by atoms with Crippen LogP contribution in [0, 0.1) is 11.8 Å². The summed E-state index contributed by atoms with van der Waals surface area (Å²) >= 11 is 3.35. The molecule has 0 aromatic carbocycles. The first-order valence-electron chi connectivity index (χ1n) is 27.8. The number of carboxylic acid groups (broad SMARTS) is 1. The third kappa shape index (κ3) is 14.3. The predicted molar refractivity (Wildman–Crippen MR) is 303 cm³/mol. The van der Waals surface area contributed by atoms with E-state index in [1.165, 1.54) is 36.2 Å². The molecular weight excluding hydrogens is 1030 g/mol. The molecule has 10 rings (SSSR count). The summed E-state index contributed by atoms with van der Waals surface area (Å²) in [7, 11) is 3.23. The number of nitrogens with zero attached hydrogens (tertiary/aromatic N) is 8. The first kappa shape index (κ1) is 57.9. The van der Waals surface area contributed by atoms with Crippen molar-refractivity contribution in [2.24, 2.45) is 11.8 Å². The highest BCUT2D eigenvalue weighted by Crippen LogP contribution is 2.39. The molecule has 2 aliphatic heterocycles. The number of carbonyl (C=O) groups excluding carboxylic acids is 4. The normalized spacial score (nSPS) is 19.7. The Balaban J connectivity index is 0.000000163. The van der Waals surface area contributed by atoms with Crippen molar-refractivity contribution in [1.29, 1.82) is 0 Å². The van der Waals surface area contributed by atoms with Crippen molar-refractivity contribution < 1.29 is 33.8 Å². The van der Waals surface area contributed by atoms with E-state index in [0.717, 1.165) is 116 Å². The summed E-state index contributed by atoms with van der Waals surface area (Å²) in [5.41, 5.74) is 5.51. The minimum atomic E-state index is -1.03. The molecule has 6 aromatic rings. The van der Waals surface area contributed by atoms with Gasteiger partial charge in [-0.05, 0) is 136 Å². The maximum absolute atomic E-state index is 13.9. The topological polar surface area (TPSA) is 230 Å². The van der Waals surface area contributed by atoms with Crippen LogP contribution >= 0.6 is 22.7 Å². The van der Waals surface area contributed by atoms with E-state index < -0.39 is 41.7 Å². The molecule has 6 aromatic heterocycles. The van der Waals surface area contributed by atoms with Crippen LogP contribution in [-0.4, -0.2) is 131 Å². The number of carbonyl (C=O) groups is 5. The number of aromatic nitrogens is 6. The van der Waals surface area contributed by atoms with Crippen LogP contribution in [0.2, 0.25) is 0 Å². The van der Waals surface area contributed by atoms with Crippen molar-refractivity contribution in [2.45, 2.75) is 166 Å². The first-order valence-corrected chi connectivity index (χ1v) is 29.5. The molecule has 2 saturated heterocycles. The first-order chi connectivity index (χ1) is 37.5. The fourth-order valence-electron chi connectivity index (χ4n) is 10.8. The lowest BCUT2D eigenvalue weighted by Gasteiger charge is -2.35. The zero-order valence-electron chi connectivity index (χ0n) is 46.2. The van der Waals surface area contributed by atoms with Gasteiger partial charge in [0.05, 0.1) is 52.9 Å². The van der Waals surface area contributed by atoms with E-state index >= 15 is 0 Å². The minimum Gasteiger partial charge on any atom is -0.480 e. The molecule has 0 unspecified atom stereocenters. The molecule has 420 valence electrons. The van der Waals surface area contributed by atoms with Gasteiger partial charge in [0.2, 0.25) is 17.7 Å². The second-order valence-electron chi connectivity index (χ2n) is 22.0. The van der Waals surface area contributed by atoms with E-state index in [9.17, 15) is 29.1 Å². The van der Waals surface area contributed by atoms with Crippen LogP contribution in [0.5, 0.6) is 0 Å². The summed E-state index contributed by atoms with van der Waals surface area (Å²) in [5.74, 6) is -1.44. The molecule has 0 radical (unpaired) electrons. The highest BCUT2D eigenvalue weighted by molar-refractivity contribution is 7.10. The Morgan fingerprint density at radius 3 is 1.82 bits per heavy atom. The Morgan fingerprint density at radius 1 is 0.731 bits per heavy atom. The van der Waals surface area contributed by atoms with Gasteiger partial charge in [-0.15, -0.1) is 22.7 Å². The SMILES string of the molecule is CN[C@@H](C)C(=O)N[C@H](C(=O)N1CCC[C@H]1c1nc(-c2cnn3ccccc23)cs1)C1CCCCC1.C[C@@H](C(=O)N[C@H](C(=O)O)C1CCCCC1)N(C)C(=O)OC(C)(C)C.c1ccn2ncc(-c3csc([C@@H]4CCCN4)n3)c2c1. The third-order valence-corrected chi connectivity index (χ3v) is 17.4. The Morgan fingerprint density at radius 2 is 1.28 bits per heavy atom. The van der Waals surface area contributed by atoms with Crippen molar-refractivity contribution in [3.05, 3.63) is 82.0 Å². The van der Waals surface area contributed by atoms with Gasteiger partial charge in [-0.2, -0.15) is 10.2 Å². The minimum absolute atomic E-state index is 0.0452. The Hall–Kier alpha value is -6.29. The number of likely N-dealkylation sites (tertiary alicyclic amines) is 1. The number of aliphatic carboxylic acids is 1. The summed E-state index contributed by atoms with van der Waals surface area (Å²) in [6.07, 6.45) is 21.4. The standard InChI is InChI=1S/C26H34N6O2S.C17H30N2O5.C14H14N4S/c1-17(27-2)24(33)30-23(18-9-4-3-5-10-18)26(34)31-13-8-12-22(31)25-29-20(16-35-25)19-15-28-32-14-7-6-11-21(19)32;1-11(19(5)16(23)24-17(2,3)4)14(20)18-13(15(21)22)12-9-7-6-8-10-12;1-2-7-18-13(5-1)10(8-16-18)12-9-19-14(17-12)11-4-3-6-15-11/h6-7,11,14-18,22-23,27H,3-5,8-10,12-13H2,1-2H3,(H,30,33);11-13H,6-10H2,1-5H3,(H,18,20)(H,21,22);1-2,5,7-9,11,15H,3-4,6H2/t17-,22-,23-;11-,13-;11-/m000/s1. The summed E-state index contributed by atoms with van der Waals surface area (Å²) in [6.45, 7) is 10.4. The van der Waals surface area contributed by atoms with E-state index in [0.29, 0.717) is 12.6 Å². The zero-order chi connectivity index (χ0) is 55.5. The fourth-order valence-corrected chi connectivity index (χ4v) is 12.7. The smallest absolute Gasteiger partial charge is 0.410 e. The lowest BCUT2D eigenvalue weighted by molar-refractivity contribution is -0.144. The van der Waals surface area contributed by atoms with Gasteiger partial charge in [0.25, 0.3) is 0 Å². The van der Waals surface area contributed by atoms with Gasteiger partial charge in [0.1, 0.15) is 33.7 Å². The van der Waals surface area contributed by atoms with Gasteiger partial charge in [0, 0.05) is 47.9 Å². The number of hydrogen-bond acceptors (Lipinski definition) is 14. The third-order valence-electron chi connectivity index (χ3n) is 15.5. The number of carboxylic acids is 1. The van der Waals surface area contributed by atoms with Crippen LogP contribution in [-0.2, 0) is 23.9 Å². The molecule has 21 heteroatoms. The number of hydrogen-bond donors (Lipinski definition) is 5. The largest absolute Gasteiger partial charge is 0.480 e. The molecule has 4 fully saturated rings. The monoisotopic (exact) mass is 1110 g/mol. The molecular formula is C57H78N12O7S2. The maximum Gasteiger partial charge on any atom is 0.410 e. The summed E-state index contributed by atoms with van der Waals surface area (Å²) in [4.78, 5) is 75.6. The number of likely N-dealkylation sites (N-methyl/N-ethyl adjacent to an activating group) is 2. The van der Waals surface area contributed by atoms with E-state index in [4.69, 9.17) is 14.7 Å². The van der Waals surface area contributed by atoms with Crippen LogP contribution in [0.1, 0.15) is 147 Å². The molecule has 5 N–H and O–H groups in total. The summed E-state index contributed by atoms with van der Waals surface area (Å²) in [6, 6.07) is 9.95. The molecule has 6 atom stereocenters. The average molecular weight is 1110 g/mol. The van der Waals surface area contributed by atoms with Gasteiger partial charge >= 0.3 is 12.1 Å². The second-order valence-corrected chi connectivity index (χ2v) is 23.8. The zero-order valence-corrected chi connectivity index (χ0v) is 47.8. The van der Waals surface area contributed by atoms with Gasteiger partial charge in [0.15, 0.2) is 0 Å². The van der Waals surface area contributed by atoms with Crippen molar-refractivity contribution in [3.8, 4) is 22.5 Å². The van der Waals surface area contributed by atoms with Crippen LogP contribution in [0.25, 0.3) is 33.5 Å². The molecule has 8 heterocycles. The number of rotatable bonds is 14. The number of pyridine rings is 2. The van der Waals surface area contributed by atoms with E-state index in [-0.39, 0.29) is 35.7 Å². The van der Waals surface area contributed by atoms with Gasteiger partial charge in [-0.3, -0.25) is 19.3 Å². The highest BCUT2D eigenvalue weighted by atomic mass is 32.1. The van der Waals surface area contributed by atoms with Crippen molar-refractivity contribution in [3.63, 3.8) is 0 Å². The lowest BCUT2D eigenvalue weighted by atomic mass is 9.83. The molecule has 4 aliphatic rings. The van der Waals surface area contributed by atoms with Crippen molar-refractivity contribution in [2.75, 3.05) is 27.2 Å². The van der Waals surface area contributed by atoms with E-state index in [1.54, 1.807) is 57.4 Å². The van der Waals surface area contributed by atoms with Gasteiger partial charge < -0.3 is 36.0 Å². The summed E-state index contributed by atoms with van der Waals surface area (Å²) in [5, 5.41) is 36.8. The maximum atomic E-state index is 13.9. The molecule has 4 amide bonds. The number of ether oxygens (including phenoxy) is 1. The van der Waals surface area contributed by atoms with Crippen LogP contribution in [0.4, 0.5) is 4.79 Å². The second kappa shape index (κ2) is 26.6. The van der Waals surface area contributed by atoms with E-state index in [1.807, 2.05) is 76.0 Å². The number of fused-ring (bicyclic) bond motifs is 2. The average Bonchev–Trinajstić information content (AvgIpc) is 4.33. The highest BCUT2D eigenvalue weighted by Gasteiger charge is 2.40. The number of amides is 4. The number of nitrogens with one attached hydrogen (secondary N) is 4. The van der Waals surface area contributed by atoms with Crippen molar-refractivity contribution in [1.82, 2.24) is 60.3 Å².